The van der Waals surface area contributed by atoms with Crippen molar-refractivity contribution in [2.75, 3.05) is 31.5 Å². The summed E-state index contributed by atoms with van der Waals surface area (Å²) < 4.78 is 1.04. The Morgan fingerprint density at radius 2 is 2.28 bits per heavy atom. The van der Waals surface area contributed by atoms with Gasteiger partial charge in [0.1, 0.15) is 0 Å². The van der Waals surface area contributed by atoms with E-state index in [0.29, 0.717) is 12.5 Å². The minimum absolute atomic E-state index is 0.0929. The van der Waals surface area contributed by atoms with Gasteiger partial charge in [0.15, 0.2) is 0 Å². The predicted octanol–water partition coefficient (Wildman–Crippen LogP) is 2.13. The molecule has 2 rings (SSSR count). The number of nitrogens with zero attached hydrogens (tertiary/aromatic N) is 1. The highest BCUT2D eigenvalue weighted by Crippen LogP contribution is 2.26. The van der Waals surface area contributed by atoms with Gasteiger partial charge in [-0.3, -0.25) is 9.69 Å². The number of hydrogen-bond donors (Lipinski definition) is 2. The summed E-state index contributed by atoms with van der Waals surface area (Å²) in [7, 11) is 0. The zero-order valence-corrected chi connectivity index (χ0v) is 12.8. The van der Waals surface area contributed by atoms with Crippen molar-refractivity contribution in [1.82, 2.24) is 10.2 Å². The number of thiophene rings is 1. The zero-order chi connectivity index (χ0) is 13.0. The lowest BCUT2D eigenvalue weighted by Crippen LogP contribution is -2.48. The van der Waals surface area contributed by atoms with Crippen LogP contribution >= 0.6 is 27.3 Å². The van der Waals surface area contributed by atoms with Gasteiger partial charge in [0.25, 0.3) is 0 Å². The van der Waals surface area contributed by atoms with E-state index in [2.05, 4.69) is 38.4 Å². The Labute approximate surface area is 120 Å². The average molecular weight is 332 g/mol. The summed E-state index contributed by atoms with van der Waals surface area (Å²) >= 11 is 4.93. The van der Waals surface area contributed by atoms with Gasteiger partial charge in [0.05, 0.1) is 8.79 Å². The first-order chi connectivity index (χ1) is 8.65. The molecule has 1 aromatic rings. The first-order valence-corrected chi connectivity index (χ1v) is 7.76. The lowest BCUT2D eigenvalue weighted by molar-refractivity contribution is -0.117. The number of amides is 1. The molecule has 1 aromatic heterocycles. The molecule has 1 aliphatic heterocycles. The van der Waals surface area contributed by atoms with Gasteiger partial charge in [0.2, 0.25) is 5.91 Å². The molecule has 0 bridgehead atoms. The molecular weight excluding hydrogens is 314 g/mol. The average Bonchev–Trinajstić information content (AvgIpc) is 2.75. The molecule has 0 radical (unpaired) electrons. The highest BCUT2D eigenvalue weighted by Gasteiger charge is 2.19. The summed E-state index contributed by atoms with van der Waals surface area (Å²) in [4.78, 5) is 14.3. The highest BCUT2D eigenvalue weighted by molar-refractivity contribution is 9.11. The minimum Gasteiger partial charge on any atom is -0.318 e. The molecule has 0 aliphatic carbocycles. The third-order valence-electron chi connectivity index (χ3n) is 3.09. The summed E-state index contributed by atoms with van der Waals surface area (Å²) in [6.07, 6.45) is 0.551. The second-order valence-corrected chi connectivity index (χ2v) is 6.95. The minimum atomic E-state index is 0.0929. The van der Waals surface area contributed by atoms with Crippen molar-refractivity contribution in [3.8, 4) is 0 Å². The largest absolute Gasteiger partial charge is 0.318 e. The van der Waals surface area contributed by atoms with E-state index in [0.717, 1.165) is 35.0 Å². The Hall–Kier alpha value is -0.430. The van der Waals surface area contributed by atoms with E-state index < -0.39 is 0 Å². The molecule has 1 fully saturated rings. The maximum atomic E-state index is 11.9. The molecule has 1 unspecified atom stereocenters. The van der Waals surface area contributed by atoms with Crippen LogP contribution < -0.4 is 10.6 Å². The molecule has 1 saturated heterocycles. The second-order valence-electron chi connectivity index (χ2n) is 4.49. The molecule has 1 atom stereocenters. The van der Waals surface area contributed by atoms with Crippen LogP contribution in [0.1, 0.15) is 13.3 Å². The zero-order valence-electron chi connectivity index (χ0n) is 10.4. The third-order valence-corrected chi connectivity index (χ3v) is 4.63. The van der Waals surface area contributed by atoms with Crippen molar-refractivity contribution in [1.29, 1.82) is 0 Å². The van der Waals surface area contributed by atoms with E-state index in [1.54, 1.807) is 0 Å². The molecule has 18 heavy (non-hydrogen) atoms. The van der Waals surface area contributed by atoms with Gasteiger partial charge in [-0.1, -0.05) is 0 Å². The molecule has 2 heterocycles. The van der Waals surface area contributed by atoms with Crippen molar-refractivity contribution in [2.45, 2.75) is 19.4 Å². The van der Waals surface area contributed by atoms with Crippen LogP contribution in [0.4, 0.5) is 5.00 Å². The van der Waals surface area contributed by atoms with E-state index in [1.807, 2.05) is 12.1 Å². The van der Waals surface area contributed by atoms with E-state index in [-0.39, 0.29) is 5.91 Å². The quantitative estimate of drug-likeness (QED) is 0.888. The topological polar surface area (TPSA) is 44.4 Å². The van der Waals surface area contributed by atoms with Gasteiger partial charge < -0.3 is 10.6 Å². The van der Waals surface area contributed by atoms with E-state index in [4.69, 9.17) is 0 Å². The first-order valence-electron chi connectivity index (χ1n) is 6.15. The highest BCUT2D eigenvalue weighted by atomic mass is 79.9. The molecule has 1 amide bonds. The monoisotopic (exact) mass is 331 g/mol. The Kier molecular flexibility index (Phi) is 5.17. The van der Waals surface area contributed by atoms with E-state index in [1.165, 1.54) is 11.3 Å². The Bertz CT molecular complexity index is 404. The number of carbonyl (C=O) groups excluding carboxylic acids is 1. The molecule has 0 spiro atoms. The van der Waals surface area contributed by atoms with Crippen LogP contribution in [-0.2, 0) is 4.79 Å². The number of carbonyl (C=O) groups is 1. The number of halogens is 1. The predicted molar refractivity (Wildman–Crippen MR) is 79.2 cm³/mol. The standard InChI is InChI=1S/C12H18BrN3OS/c1-9(16-6-4-14-5-7-16)8-11(17)15-12-3-2-10(13)18-12/h2-3,9,14H,4-8H2,1H3,(H,15,17). The molecule has 0 saturated carbocycles. The third kappa shape index (κ3) is 4.05. The lowest BCUT2D eigenvalue weighted by atomic mass is 10.1. The molecule has 1 aliphatic rings. The van der Waals surface area contributed by atoms with Crippen LogP contribution in [0.2, 0.25) is 0 Å². The van der Waals surface area contributed by atoms with Gasteiger partial charge >= 0.3 is 0 Å². The molecule has 6 heteroatoms. The molecule has 4 nitrogen and oxygen atoms in total. The summed E-state index contributed by atoms with van der Waals surface area (Å²) in [5, 5.41) is 7.16. The van der Waals surface area contributed by atoms with Crippen LogP contribution in [0, 0.1) is 0 Å². The van der Waals surface area contributed by atoms with Crippen molar-refractivity contribution in [3.63, 3.8) is 0 Å². The van der Waals surface area contributed by atoms with Crippen LogP contribution in [0.3, 0.4) is 0 Å². The maximum absolute atomic E-state index is 11.9. The summed E-state index contributed by atoms with van der Waals surface area (Å²) in [6, 6.07) is 4.16. The number of anilines is 1. The summed E-state index contributed by atoms with van der Waals surface area (Å²) in [5.41, 5.74) is 0. The smallest absolute Gasteiger partial charge is 0.226 e. The fourth-order valence-corrected chi connectivity index (χ4v) is 3.39. The van der Waals surface area contributed by atoms with Gasteiger partial charge in [-0.25, -0.2) is 0 Å². The van der Waals surface area contributed by atoms with Gasteiger partial charge in [0, 0.05) is 38.6 Å². The van der Waals surface area contributed by atoms with E-state index >= 15 is 0 Å². The number of rotatable bonds is 4. The van der Waals surface area contributed by atoms with Crippen LogP contribution in [0.5, 0.6) is 0 Å². The summed E-state index contributed by atoms with van der Waals surface area (Å²) in [6.45, 7) is 6.21. The van der Waals surface area contributed by atoms with Gasteiger partial charge in [-0.15, -0.1) is 11.3 Å². The van der Waals surface area contributed by atoms with Gasteiger partial charge in [-0.05, 0) is 35.0 Å². The molecule has 100 valence electrons. The van der Waals surface area contributed by atoms with Crippen LogP contribution in [0.15, 0.2) is 15.9 Å². The first kappa shape index (κ1) is 14.0. The van der Waals surface area contributed by atoms with Crippen molar-refractivity contribution in [2.24, 2.45) is 0 Å². The maximum Gasteiger partial charge on any atom is 0.226 e. The van der Waals surface area contributed by atoms with Crippen molar-refractivity contribution in [3.05, 3.63) is 15.9 Å². The fraction of sp³-hybridized carbons (Fsp3) is 0.583. The fourth-order valence-electron chi connectivity index (χ4n) is 2.09. The Balaban J connectivity index is 1.79. The number of piperazine rings is 1. The van der Waals surface area contributed by atoms with Crippen molar-refractivity contribution >= 4 is 38.2 Å². The molecule has 0 aromatic carbocycles. The van der Waals surface area contributed by atoms with E-state index in [9.17, 15) is 4.79 Å². The van der Waals surface area contributed by atoms with Crippen LogP contribution in [0.25, 0.3) is 0 Å². The molecule has 2 N–H and O–H groups in total. The number of hydrogen-bond acceptors (Lipinski definition) is 4. The molecular formula is C12H18BrN3OS. The Morgan fingerprint density at radius 1 is 1.56 bits per heavy atom. The second kappa shape index (κ2) is 6.65. The van der Waals surface area contributed by atoms with Crippen molar-refractivity contribution < 1.29 is 4.79 Å². The SMILES string of the molecule is CC(CC(=O)Nc1ccc(Br)s1)N1CCNCC1. The number of nitrogens with one attached hydrogen (secondary N) is 2. The van der Waals surface area contributed by atoms with Gasteiger partial charge in [-0.2, -0.15) is 0 Å². The lowest BCUT2D eigenvalue weighted by Gasteiger charge is -2.32. The summed E-state index contributed by atoms with van der Waals surface area (Å²) in [5.74, 6) is 0.0929. The normalized spacial score (nSPS) is 18.6. The Morgan fingerprint density at radius 3 is 2.89 bits per heavy atom. The van der Waals surface area contributed by atoms with Crippen LogP contribution in [-0.4, -0.2) is 43.0 Å².